The van der Waals surface area contributed by atoms with Crippen LogP contribution in [-0.4, -0.2) is 52.9 Å². The largest absolute Gasteiger partial charge is 3.00 e. The van der Waals surface area contributed by atoms with Crippen molar-refractivity contribution in [1.82, 2.24) is 0 Å². The Bertz CT molecular complexity index is 131. The van der Waals surface area contributed by atoms with Gasteiger partial charge in [0.25, 0.3) is 0 Å². The first kappa shape index (κ1) is 30.7. The Balaban J connectivity index is -0.0000000489. The molecule has 0 spiro atoms. The normalized spacial score (nSPS) is 9.33. The third kappa shape index (κ3) is 44.5. The molecule has 18 heavy (non-hydrogen) atoms. The van der Waals surface area contributed by atoms with Gasteiger partial charge in [-0.05, 0) is 27.7 Å². The zero-order valence-corrected chi connectivity index (χ0v) is 10.7. The Morgan fingerprint density at radius 2 is 0.667 bits per heavy atom. The molecule has 0 aromatic heterocycles. The molecule has 0 aliphatic heterocycles. The van der Waals surface area contributed by atoms with Gasteiger partial charge in [-0.1, -0.05) is 0 Å². The fourth-order valence-electron chi connectivity index (χ4n) is 0. The first-order valence-corrected chi connectivity index (χ1v) is 4.11. The summed E-state index contributed by atoms with van der Waals surface area (Å²) in [5.74, 6) is 0. The van der Waals surface area contributed by atoms with Gasteiger partial charge in [0.05, 0.1) is 11.2 Å². The van der Waals surface area contributed by atoms with Gasteiger partial charge >= 0.3 is 16.8 Å². The second-order valence-corrected chi connectivity index (χ2v) is 3.70. The van der Waals surface area contributed by atoms with Crippen molar-refractivity contribution >= 4 is 31.5 Å². The molecule has 2 N–H and O–H groups in total. The maximum absolute atomic E-state index is 9.10. The van der Waals surface area contributed by atoms with Crippen LogP contribution in [0.5, 0.6) is 0 Å². The minimum atomic E-state index is -2.92. The molecule has 0 rings (SSSR count). The van der Waals surface area contributed by atoms with Crippen molar-refractivity contribution in [2.45, 2.75) is 38.9 Å². The number of aliphatic hydroxyl groups is 2. The van der Waals surface area contributed by atoms with Crippen molar-refractivity contribution in [3.8, 4) is 0 Å². The fraction of sp³-hybridized carbons (Fsp3) is 1.00. The van der Waals surface area contributed by atoms with Crippen molar-refractivity contribution in [3.05, 3.63) is 0 Å². The van der Waals surface area contributed by atoms with Gasteiger partial charge in [-0.2, -0.15) is 0 Å². The molecule has 0 aromatic rings. The van der Waals surface area contributed by atoms with E-state index in [9.17, 15) is 0 Å². The molecule has 0 aliphatic carbocycles. The van der Waals surface area contributed by atoms with Gasteiger partial charge in [-0.25, -0.2) is 0 Å². The number of hydrogen-bond acceptors (Lipinski definition) is 8. The van der Waals surface area contributed by atoms with Crippen LogP contribution in [0.15, 0.2) is 0 Å². The Kier molecular flexibility index (Phi) is 22.8. The molecular weight excluding hydrogens is 243 g/mol. The molecule has 0 bridgehead atoms. The zero-order chi connectivity index (χ0) is 14.2. The van der Waals surface area contributed by atoms with Crippen molar-refractivity contribution in [3.63, 3.8) is 0 Å². The van der Waals surface area contributed by atoms with Gasteiger partial charge < -0.3 is 40.4 Å². The van der Waals surface area contributed by atoms with E-state index in [1.54, 1.807) is 27.7 Å². The van der Waals surface area contributed by atoms with Crippen molar-refractivity contribution < 1.29 is 40.4 Å². The van der Waals surface area contributed by atoms with Crippen LogP contribution in [-0.2, 0) is 0 Å². The minimum Gasteiger partial charge on any atom is -0.907 e. The monoisotopic (exact) mass is 258 g/mol. The van der Waals surface area contributed by atoms with E-state index in [0.717, 1.165) is 0 Å². The summed E-state index contributed by atoms with van der Waals surface area (Å²) in [5.41, 5.74) is -2.01. The van der Waals surface area contributed by atoms with Gasteiger partial charge in [-0.3, -0.25) is 14.6 Å². The van der Waals surface area contributed by atoms with Gasteiger partial charge in [0.2, 0.25) is 0 Å². The summed E-state index contributed by atoms with van der Waals surface area (Å²) < 4.78 is 0. The second-order valence-electron chi connectivity index (χ2n) is 3.70. The summed E-state index contributed by atoms with van der Waals surface area (Å²) in [6, 6.07) is 0. The topological polar surface area (TPSA) is 179 Å². The summed E-state index contributed by atoms with van der Waals surface area (Å²) >= 11 is 0. The van der Waals surface area contributed by atoms with Crippen LogP contribution in [0.25, 0.3) is 0 Å². The summed E-state index contributed by atoms with van der Waals surface area (Å²) in [6.45, 7) is 6.31. The molecule has 0 fully saturated rings. The standard InChI is InChI=1S/C6H14O2.2BO3.2B/c1-5(2,7)6(3,4)8;2*2-1(3)4;;/h7-8H,1-4H3;;;;/q;2*-3;2*+3. The van der Waals surface area contributed by atoms with Gasteiger partial charge in [0.1, 0.15) is 0 Å². The van der Waals surface area contributed by atoms with E-state index in [2.05, 4.69) is 0 Å². The quantitative estimate of drug-likeness (QED) is 0.434. The second kappa shape index (κ2) is 13.4. The van der Waals surface area contributed by atoms with E-state index in [0.29, 0.717) is 0 Å². The molecular formula is C6H14B4O8. The smallest absolute Gasteiger partial charge is 0.907 e. The van der Waals surface area contributed by atoms with E-state index in [1.165, 1.54) is 0 Å². The molecule has 0 unspecified atom stereocenters. The summed E-state index contributed by atoms with van der Waals surface area (Å²) in [5, 5.41) is 68.7. The van der Waals surface area contributed by atoms with Crippen molar-refractivity contribution in [2.24, 2.45) is 0 Å². The first-order chi connectivity index (χ1) is 6.71. The average molecular weight is 257 g/mol. The van der Waals surface area contributed by atoms with Crippen LogP contribution in [0.2, 0.25) is 0 Å². The molecule has 98 valence electrons. The predicted octanol–water partition coefficient (Wildman–Crippen LogP) is -8.13. The summed E-state index contributed by atoms with van der Waals surface area (Å²) in [4.78, 5) is 0. The number of rotatable bonds is 1. The van der Waals surface area contributed by atoms with Gasteiger partial charge in [0.15, 0.2) is 0 Å². The minimum absolute atomic E-state index is 0. The van der Waals surface area contributed by atoms with Crippen LogP contribution >= 0.6 is 0 Å². The molecule has 0 saturated carbocycles. The fourth-order valence-corrected chi connectivity index (χ4v) is 0. The average Bonchev–Trinajstić information content (AvgIpc) is 1.76. The molecule has 0 atom stereocenters. The van der Waals surface area contributed by atoms with Crippen LogP contribution in [0, 0.1) is 0 Å². The van der Waals surface area contributed by atoms with Crippen molar-refractivity contribution in [1.29, 1.82) is 0 Å². The van der Waals surface area contributed by atoms with Gasteiger partial charge in [-0.15, -0.1) is 0 Å². The maximum Gasteiger partial charge on any atom is 3.00 e. The third-order valence-electron chi connectivity index (χ3n) is 1.50. The van der Waals surface area contributed by atoms with Gasteiger partial charge in [0, 0.05) is 0 Å². The molecule has 12 heteroatoms. The predicted molar refractivity (Wildman–Crippen MR) is 55.6 cm³/mol. The molecule has 0 radical (unpaired) electrons. The SMILES string of the molecule is CC(C)(O)C(C)(C)O.[B+3].[B+3].[O-]B([O-])[O-].[O-]B([O-])[O-]. The Labute approximate surface area is 111 Å². The van der Waals surface area contributed by atoms with E-state index in [-0.39, 0.29) is 16.8 Å². The van der Waals surface area contributed by atoms with Crippen LogP contribution < -0.4 is 30.1 Å². The van der Waals surface area contributed by atoms with Crippen molar-refractivity contribution in [2.75, 3.05) is 0 Å². The Hall–Kier alpha value is -0.0603. The van der Waals surface area contributed by atoms with E-state index < -0.39 is 25.8 Å². The summed E-state index contributed by atoms with van der Waals surface area (Å²) in [6.07, 6.45) is 0. The van der Waals surface area contributed by atoms with E-state index >= 15 is 0 Å². The molecule has 0 amide bonds. The van der Waals surface area contributed by atoms with E-state index in [1.807, 2.05) is 0 Å². The van der Waals surface area contributed by atoms with E-state index in [4.69, 9.17) is 40.4 Å². The molecule has 0 aromatic carbocycles. The van der Waals surface area contributed by atoms with Crippen LogP contribution in [0.4, 0.5) is 0 Å². The summed E-state index contributed by atoms with van der Waals surface area (Å²) in [7, 11) is -5.83. The molecule has 8 nitrogen and oxygen atoms in total. The third-order valence-corrected chi connectivity index (χ3v) is 1.50. The van der Waals surface area contributed by atoms with Crippen LogP contribution in [0.3, 0.4) is 0 Å². The Morgan fingerprint density at radius 1 is 0.611 bits per heavy atom. The molecule has 0 heterocycles. The number of hydrogen-bond donors (Lipinski definition) is 2. The first-order valence-electron chi connectivity index (χ1n) is 4.11. The molecule has 0 aliphatic rings. The Morgan fingerprint density at radius 3 is 0.667 bits per heavy atom. The maximum atomic E-state index is 9.10. The van der Waals surface area contributed by atoms with Crippen LogP contribution in [0.1, 0.15) is 27.7 Å². The molecule has 0 saturated heterocycles. The zero-order valence-electron chi connectivity index (χ0n) is 10.7.